The first kappa shape index (κ1) is 16.3. The van der Waals surface area contributed by atoms with Crippen LogP contribution in [-0.2, 0) is 9.59 Å². The molecule has 2 amide bonds. The van der Waals surface area contributed by atoms with Crippen LogP contribution >= 0.6 is 0 Å². The van der Waals surface area contributed by atoms with Gasteiger partial charge in [-0.1, -0.05) is 13.8 Å². The standard InChI is InChI=1S/C16H29N3O2/c1-16(2,7-8-17)6-5-14(20)18-9-11-19(12-10-18)15(21)13-3-4-13/h13H,3-12,17H2,1-2H3. The number of amides is 2. The summed E-state index contributed by atoms with van der Waals surface area (Å²) in [6, 6.07) is 0. The van der Waals surface area contributed by atoms with Crippen molar-refractivity contribution >= 4 is 11.8 Å². The second-order valence-corrected chi connectivity index (χ2v) is 7.18. The lowest BCUT2D eigenvalue weighted by Gasteiger charge is -2.35. The SMILES string of the molecule is CC(C)(CCN)CCC(=O)N1CCN(C(=O)C2CC2)CC1. The third-order valence-corrected chi connectivity index (χ3v) is 4.71. The summed E-state index contributed by atoms with van der Waals surface area (Å²) < 4.78 is 0. The molecule has 0 aromatic rings. The number of rotatable bonds is 6. The van der Waals surface area contributed by atoms with Crippen molar-refractivity contribution in [1.82, 2.24) is 9.80 Å². The van der Waals surface area contributed by atoms with E-state index in [0.29, 0.717) is 45.1 Å². The highest BCUT2D eigenvalue weighted by molar-refractivity contribution is 5.81. The number of hydrogen-bond acceptors (Lipinski definition) is 3. The van der Waals surface area contributed by atoms with E-state index < -0.39 is 0 Å². The molecule has 0 radical (unpaired) electrons. The smallest absolute Gasteiger partial charge is 0.225 e. The van der Waals surface area contributed by atoms with E-state index >= 15 is 0 Å². The van der Waals surface area contributed by atoms with Gasteiger partial charge in [-0.15, -0.1) is 0 Å². The molecule has 0 spiro atoms. The molecule has 0 atom stereocenters. The Morgan fingerprint density at radius 2 is 1.62 bits per heavy atom. The van der Waals surface area contributed by atoms with Crippen molar-refractivity contribution in [3.8, 4) is 0 Å². The van der Waals surface area contributed by atoms with Gasteiger partial charge in [0.05, 0.1) is 0 Å². The lowest BCUT2D eigenvalue weighted by molar-refractivity contribution is -0.140. The maximum absolute atomic E-state index is 12.3. The molecule has 1 aliphatic heterocycles. The summed E-state index contributed by atoms with van der Waals surface area (Å²) in [6.07, 6.45) is 4.51. The van der Waals surface area contributed by atoms with Crippen LogP contribution in [0.5, 0.6) is 0 Å². The van der Waals surface area contributed by atoms with Gasteiger partial charge in [-0.3, -0.25) is 9.59 Å². The van der Waals surface area contributed by atoms with Crippen LogP contribution in [-0.4, -0.2) is 54.3 Å². The molecular weight excluding hydrogens is 266 g/mol. The number of carbonyl (C=O) groups is 2. The molecule has 2 aliphatic rings. The summed E-state index contributed by atoms with van der Waals surface area (Å²) in [5.74, 6) is 0.800. The molecule has 0 bridgehead atoms. The van der Waals surface area contributed by atoms with E-state index in [1.165, 1.54) is 0 Å². The van der Waals surface area contributed by atoms with Crippen LogP contribution in [0.25, 0.3) is 0 Å². The van der Waals surface area contributed by atoms with Crippen molar-refractivity contribution < 1.29 is 9.59 Å². The topological polar surface area (TPSA) is 66.6 Å². The van der Waals surface area contributed by atoms with E-state index in [9.17, 15) is 9.59 Å². The van der Waals surface area contributed by atoms with Crippen LogP contribution in [0.3, 0.4) is 0 Å². The molecule has 5 nitrogen and oxygen atoms in total. The van der Waals surface area contributed by atoms with Crippen molar-refractivity contribution in [2.24, 2.45) is 17.1 Å². The minimum Gasteiger partial charge on any atom is -0.339 e. The van der Waals surface area contributed by atoms with Gasteiger partial charge < -0.3 is 15.5 Å². The van der Waals surface area contributed by atoms with Gasteiger partial charge in [0.15, 0.2) is 0 Å². The van der Waals surface area contributed by atoms with Gasteiger partial charge in [0.1, 0.15) is 0 Å². The molecule has 0 aromatic carbocycles. The number of carbonyl (C=O) groups excluding carboxylic acids is 2. The first-order valence-corrected chi connectivity index (χ1v) is 8.19. The molecule has 21 heavy (non-hydrogen) atoms. The van der Waals surface area contributed by atoms with Crippen molar-refractivity contribution in [2.45, 2.75) is 46.0 Å². The summed E-state index contributed by atoms with van der Waals surface area (Å²) in [5, 5.41) is 0. The van der Waals surface area contributed by atoms with Crippen molar-refractivity contribution in [1.29, 1.82) is 0 Å². The van der Waals surface area contributed by atoms with Gasteiger partial charge >= 0.3 is 0 Å². The summed E-state index contributed by atoms with van der Waals surface area (Å²) >= 11 is 0. The molecule has 1 aliphatic carbocycles. The Hall–Kier alpha value is -1.10. The van der Waals surface area contributed by atoms with Gasteiger partial charge in [0, 0.05) is 38.5 Å². The fourth-order valence-corrected chi connectivity index (χ4v) is 2.88. The molecule has 2 N–H and O–H groups in total. The minimum atomic E-state index is 0.133. The molecule has 120 valence electrons. The first-order chi connectivity index (χ1) is 9.93. The largest absolute Gasteiger partial charge is 0.339 e. The van der Waals surface area contributed by atoms with Crippen molar-refractivity contribution in [3.05, 3.63) is 0 Å². The Bertz CT molecular complexity index is 383. The number of piperazine rings is 1. The fraction of sp³-hybridized carbons (Fsp3) is 0.875. The van der Waals surface area contributed by atoms with E-state index in [1.807, 2.05) is 9.80 Å². The highest BCUT2D eigenvalue weighted by atomic mass is 16.2. The second-order valence-electron chi connectivity index (χ2n) is 7.18. The monoisotopic (exact) mass is 295 g/mol. The maximum Gasteiger partial charge on any atom is 0.225 e. The third-order valence-electron chi connectivity index (χ3n) is 4.71. The normalized spacial score (nSPS) is 19.8. The van der Waals surface area contributed by atoms with Gasteiger partial charge in [-0.2, -0.15) is 0 Å². The maximum atomic E-state index is 12.3. The van der Waals surface area contributed by atoms with Crippen LogP contribution < -0.4 is 5.73 Å². The van der Waals surface area contributed by atoms with Crippen LogP contribution in [0.15, 0.2) is 0 Å². The second kappa shape index (κ2) is 6.77. The molecule has 0 unspecified atom stereocenters. The highest BCUT2D eigenvalue weighted by Gasteiger charge is 2.35. The first-order valence-electron chi connectivity index (χ1n) is 8.19. The fourth-order valence-electron chi connectivity index (χ4n) is 2.88. The van der Waals surface area contributed by atoms with Gasteiger partial charge in [-0.25, -0.2) is 0 Å². The number of hydrogen-bond donors (Lipinski definition) is 1. The third kappa shape index (κ3) is 4.70. The van der Waals surface area contributed by atoms with Crippen molar-refractivity contribution in [2.75, 3.05) is 32.7 Å². The van der Waals surface area contributed by atoms with Crippen LogP contribution in [0.4, 0.5) is 0 Å². The molecule has 0 aromatic heterocycles. The lowest BCUT2D eigenvalue weighted by atomic mass is 9.84. The average molecular weight is 295 g/mol. The van der Waals surface area contributed by atoms with Gasteiger partial charge in [-0.05, 0) is 37.6 Å². The molecule has 5 heteroatoms. The van der Waals surface area contributed by atoms with Crippen LogP contribution in [0.1, 0.15) is 46.0 Å². The Kier molecular flexibility index (Phi) is 5.25. The van der Waals surface area contributed by atoms with Crippen LogP contribution in [0, 0.1) is 11.3 Å². The molecule has 2 fully saturated rings. The predicted octanol–water partition coefficient (Wildman–Crippen LogP) is 1.22. The Balaban J connectivity index is 1.71. The lowest BCUT2D eigenvalue weighted by Crippen LogP contribution is -2.51. The van der Waals surface area contributed by atoms with E-state index in [-0.39, 0.29) is 17.2 Å². The number of nitrogens with zero attached hydrogens (tertiary/aromatic N) is 2. The van der Waals surface area contributed by atoms with Crippen LogP contribution in [0.2, 0.25) is 0 Å². The zero-order valence-electron chi connectivity index (χ0n) is 13.4. The van der Waals surface area contributed by atoms with E-state index in [1.54, 1.807) is 0 Å². The number of nitrogens with two attached hydrogens (primary N) is 1. The zero-order valence-corrected chi connectivity index (χ0v) is 13.4. The average Bonchev–Trinajstić information content (AvgIpc) is 3.29. The Labute approximate surface area is 127 Å². The van der Waals surface area contributed by atoms with Gasteiger partial charge in [0.25, 0.3) is 0 Å². The molecule has 2 rings (SSSR count). The summed E-state index contributed by atoms with van der Waals surface area (Å²) in [5.41, 5.74) is 5.74. The summed E-state index contributed by atoms with van der Waals surface area (Å²) in [4.78, 5) is 28.1. The van der Waals surface area contributed by atoms with E-state index in [4.69, 9.17) is 5.73 Å². The zero-order chi connectivity index (χ0) is 15.5. The molecular formula is C16H29N3O2. The highest BCUT2D eigenvalue weighted by Crippen LogP contribution is 2.31. The Morgan fingerprint density at radius 1 is 1.05 bits per heavy atom. The quantitative estimate of drug-likeness (QED) is 0.801. The van der Waals surface area contributed by atoms with E-state index in [2.05, 4.69) is 13.8 Å². The van der Waals surface area contributed by atoms with E-state index in [0.717, 1.165) is 25.7 Å². The predicted molar refractivity (Wildman–Crippen MR) is 82.6 cm³/mol. The Morgan fingerprint density at radius 3 is 2.14 bits per heavy atom. The van der Waals surface area contributed by atoms with Crippen molar-refractivity contribution in [3.63, 3.8) is 0 Å². The van der Waals surface area contributed by atoms with Gasteiger partial charge in [0.2, 0.25) is 11.8 Å². The molecule has 1 heterocycles. The summed E-state index contributed by atoms with van der Waals surface area (Å²) in [6.45, 7) is 7.78. The molecule has 1 saturated carbocycles. The minimum absolute atomic E-state index is 0.133. The molecule has 1 saturated heterocycles. The summed E-state index contributed by atoms with van der Waals surface area (Å²) in [7, 11) is 0.